The Labute approximate surface area is 223 Å². The average molecular weight is 545 g/mol. The van der Waals surface area contributed by atoms with Crippen molar-refractivity contribution in [2.24, 2.45) is 5.41 Å². The van der Waals surface area contributed by atoms with Crippen LogP contribution in [0.2, 0.25) is 0 Å². The Bertz CT molecular complexity index is 1400. The number of rotatable bonds is 8. The van der Waals surface area contributed by atoms with Crippen LogP contribution in [0.3, 0.4) is 0 Å². The van der Waals surface area contributed by atoms with Gasteiger partial charge in [-0.05, 0) is 61.6 Å². The van der Waals surface area contributed by atoms with Gasteiger partial charge >= 0.3 is 5.97 Å². The summed E-state index contributed by atoms with van der Waals surface area (Å²) in [6.45, 7) is 0.232. The van der Waals surface area contributed by atoms with Gasteiger partial charge < -0.3 is 14.9 Å². The summed E-state index contributed by atoms with van der Waals surface area (Å²) in [5.41, 5.74) is 0.108. The van der Waals surface area contributed by atoms with Crippen molar-refractivity contribution < 1.29 is 37.3 Å². The van der Waals surface area contributed by atoms with Crippen molar-refractivity contribution >= 4 is 16.9 Å². The van der Waals surface area contributed by atoms with E-state index in [1.165, 1.54) is 13.3 Å². The first kappa shape index (κ1) is 28.3. The summed E-state index contributed by atoms with van der Waals surface area (Å²) in [7, 11) is 1.50. The normalized spacial score (nSPS) is 15.9. The number of aliphatic hydroxyl groups is 1. The van der Waals surface area contributed by atoms with Crippen LogP contribution in [0.4, 0.5) is 17.6 Å². The molecule has 2 N–H and O–H groups in total. The molecule has 0 aliphatic carbocycles. The largest absolute Gasteiger partial charge is 0.497 e. The third kappa shape index (κ3) is 6.15. The molecule has 10 heteroatoms. The molecular formula is C29H28F4N2O4. The van der Waals surface area contributed by atoms with E-state index < -0.39 is 41.6 Å². The zero-order valence-corrected chi connectivity index (χ0v) is 21.3. The number of methoxy groups -OCH3 is 1. The van der Waals surface area contributed by atoms with Crippen LogP contribution in [0, 0.1) is 34.7 Å². The van der Waals surface area contributed by atoms with E-state index in [1.807, 2.05) is 4.90 Å². The molecule has 1 saturated heterocycles. The fourth-order valence-corrected chi connectivity index (χ4v) is 5.01. The number of carbonyl (C=O) groups is 1. The summed E-state index contributed by atoms with van der Waals surface area (Å²) >= 11 is 0. The van der Waals surface area contributed by atoms with Crippen LogP contribution in [0.25, 0.3) is 10.9 Å². The Morgan fingerprint density at radius 1 is 1.18 bits per heavy atom. The lowest BCUT2D eigenvalue weighted by Gasteiger charge is -2.38. The van der Waals surface area contributed by atoms with E-state index in [-0.39, 0.29) is 30.5 Å². The molecule has 1 fully saturated rings. The maximum atomic E-state index is 13.8. The number of hydrogen-bond donors (Lipinski definition) is 2. The van der Waals surface area contributed by atoms with Crippen LogP contribution in [0.15, 0.2) is 36.5 Å². The maximum Gasteiger partial charge on any atom is 0.309 e. The van der Waals surface area contributed by atoms with Gasteiger partial charge in [-0.3, -0.25) is 14.7 Å². The average Bonchev–Trinajstić information content (AvgIpc) is 2.94. The van der Waals surface area contributed by atoms with Crippen molar-refractivity contribution in [2.45, 2.75) is 38.5 Å². The van der Waals surface area contributed by atoms with Gasteiger partial charge in [-0.15, -0.1) is 0 Å². The zero-order valence-electron chi connectivity index (χ0n) is 21.3. The standard InChI is InChI=1S/C29H28F4N2O4/c1-39-20-4-5-24-21(15-20)26(19(16-30)17-34-24)25(36)6-7-29(28(37)38)8-11-35(12-9-29)10-2-3-18-13-22(31)27(33)23(32)14-18/h4-5,13-15,17,25,36H,6-12,16H2,1H3,(H,37,38). The molecular weight excluding hydrogens is 516 g/mol. The van der Waals surface area contributed by atoms with Gasteiger partial charge in [0.2, 0.25) is 0 Å². The van der Waals surface area contributed by atoms with Gasteiger partial charge in [0.1, 0.15) is 12.4 Å². The first-order valence-electron chi connectivity index (χ1n) is 12.5. The molecule has 1 unspecified atom stereocenters. The third-order valence-electron chi connectivity index (χ3n) is 7.36. The number of carboxylic acids is 1. The number of nitrogens with zero attached hydrogens (tertiary/aromatic N) is 2. The van der Waals surface area contributed by atoms with Crippen LogP contribution < -0.4 is 4.74 Å². The van der Waals surface area contributed by atoms with E-state index in [1.54, 1.807) is 18.2 Å². The zero-order chi connectivity index (χ0) is 28.2. The van der Waals surface area contributed by atoms with Crippen LogP contribution >= 0.6 is 0 Å². The molecule has 3 aromatic rings. The predicted octanol–water partition coefficient (Wildman–Crippen LogP) is 5.16. The lowest BCUT2D eigenvalue weighted by Crippen LogP contribution is -2.44. The van der Waals surface area contributed by atoms with E-state index in [9.17, 15) is 32.6 Å². The molecule has 6 nitrogen and oxygen atoms in total. The molecule has 2 heterocycles. The van der Waals surface area contributed by atoms with Gasteiger partial charge in [0.05, 0.1) is 30.7 Å². The van der Waals surface area contributed by atoms with Crippen LogP contribution in [0.5, 0.6) is 5.75 Å². The van der Waals surface area contributed by atoms with Crippen molar-refractivity contribution in [3.63, 3.8) is 0 Å². The Morgan fingerprint density at radius 2 is 1.87 bits per heavy atom. The van der Waals surface area contributed by atoms with Crippen LogP contribution in [-0.4, -0.2) is 52.8 Å². The first-order valence-corrected chi connectivity index (χ1v) is 12.5. The summed E-state index contributed by atoms with van der Waals surface area (Å²) in [4.78, 5) is 18.5. The third-order valence-corrected chi connectivity index (χ3v) is 7.36. The molecule has 0 amide bonds. The van der Waals surface area contributed by atoms with Crippen molar-refractivity contribution in [3.05, 3.63) is 70.7 Å². The highest BCUT2D eigenvalue weighted by Crippen LogP contribution is 2.40. The summed E-state index contributed by atoms with van der Waals surface area (Å²) in [6, 6.07) is 6.75. The molecule has 1 atom stereocenters. The van der Waals surface area contributed by atoms with Crippen LogP contribution in [-0.2, 0) is 11.5 Å². The number of alkyl halides is 1. The maximum absolute atomic E-state index is 13.8. The molecule has 0 radical (unpaired) electrons. The minimum Gasteiger partial charge on any atom is -0.497 e. The summed E-state index contributed by atoms with van der Waals surface area (Å²) in [6.07, 6.45) is 1.17. The fourth-order valence-electron chi connectivity index (χ4n) is 5.01. The monoisotopic (exact) mass is 544 g/mol. The molecule has 4 rings (SSSR count). The van der Waals surface area contributed by atoms with E-state index in [0.717, 1.165) is 12.1 Å². The number of aliphatic hydroxyl groups excluding tert-OH is 1. The highest BCUT2D eigenvalue weighted by atomic mass is 19.2. The number of benzene rings is 2. The van der Waals surface area contributed by atoms with Gasteiger partial charge in [-0.1, -0.05) is 11.8 Å². The lowest BCUT2D eigenvalue weighted by molar-refractivity contribution is -0.153. The quantitative estimate of drug-likeness (QED) is 0.232. The van der Waals surface area contributed by atoms with Crippen molar-refractivity contribution in [3.8, 4) is 17.6 Å². The van der Waals surface area contributed by atoms with E-state index >= 15 is 0 Å². The second-order valence-corrected chi connectivity index (χ2v) is 9.69. The Kier molecular flexibility index (Phi) is 8.73. The van der Waals surface area contributed by atoms with E-state index in [0.29, 0.717) is 48.1 Å². The molecule has 0 saturated carbocycles. The van der Waals surface area contributed by atoms with Crippen LogP contribution in [0.1, 0.15) is 48.5 Å². The number of ether oxygens (including phenoxy) is 1. The topological polar surface area (TPSA) is 82.9 Å². The minimum atomic E-state index is -1.55. The van der Waals surface area contributed by atoms with E-state index in [4.69, 9.17) is 4.74 Å². The minimum absolute atomic E-state index is 0.00573. The molecule has 1 aliphatic rings. The number of halogens is 4. The molecule has 1 aromatic heterocycles. The molecule has 206 valence electrons. The van der Waals surface area contributed by atoms with Crippen molar-refractivity contribution in [2.75, 3.05) is 26.7 Å². The van der Waals surface area contributed by atoms with Gasteiger partial charge in [0.25, 0.3) is 0 Å². The van der Waals surface area contributed by atoms with Gasteiger partial charge in [0, 0.05) is 35.8 Å². The molecule has 39 heavy (non-hydrogen) atoms. The second-order valence-electron chi connectivity index (χ2n) is 9.69. The van der Waals surface area contributed by atoms with Gasteiger partial charge in [0.15, 0.2) is 17.5 Å². The fraction of sp³-hybridized carbons (Fsp3) is 0.379. The van der Waals surface area contributed by atoms with Crippen molar-refractivity contribution in [1.82, 2.24) is 9.88 Å². The summed E-state index contributed by atoms with van der Waals surface area (Å²) in [5.74, 6) is 0.774. The molecule has 0 spiro atoms. The number of likely N-dealkylation sites (tertiary alicyclic amines) is 1. The number of piperidine rings is 1. The Hall–Kier alpha value is -3.68. The first-order chi connectivity index (χ1) is 18.7. The SMILES string of the molecule is COc1ccc2ncc(CF)c(C(O)CCC3(C(=O)O)CCN(CC#Cc4cc(F)c(F)c(F)c4)CC3)c2c1. The van der Waals surface area contributed by atoms with Gasteiger partial charge in [-0.2, -0.15) is 0 Å². The molecule has 2 aromatic carbocycles. The smallest absolute Gasteiger partial charge is 0.309 e. The number of hydrogen-bond acceptors (Lipinski definition) is 5. The second kappa shape index (κ2) is 12.0. The predicted molar refractivity (Wildman–Crippen MR) is 136 cm³/mol. The number of aliphatic carboxylic acids is 1. The number of aromatic nitrogens is 1. The molecule has 1 aliphatic heterocycles. The summed E-state index contributed by atoms with van der Waals surface area (Å²) in [5, 5.41) is 21.8. The number of fused-ring (bicyclic) bond motifs is 1. The lowest BCUT2D eigenvalue weighted by atomic mass is 9.74. The Balaban J connectivity index is 1.43. The van der Waals surface area contributed by atoms with Crippen molar-refractivity contribution in [1.29, 1.82) is 0 Å². The highest BCUT2D eigenvalue weighted by molar-refractivity contribution is 5.85. The molecule has 0 bridgehead atoms. The van der Waals surface area contributed by atoms with E-state index in [2.05, 4.69) is 16.8 Å². The highest BCUT2D eigenvalue weighted by Gasteiger charge is 2.41. The Morgan fingerprint density at radius 3 is 2.49 bits per heavy atom. The number of carboxylic acid groups (broad SMARTS) is 1. The van der Waals surface area contributed by atoms with Gasteiger partial charge in [-0.25, -0.2) is 17.6 Å². The summed E-state index contributed by atoms with van der Waals surface area (Å²) < 4.78 is 59.0. The number of pyridine rings is 1.